The summed E-state index contributed by atoms with van der Waals surface area (Å²) >= 11 is 5.70. The Morgan fingerprint density at radius 2 is 2.19 bits per heavy atom. The summed E-state index contributed by atoms with van der Waals surface area (Å²) in [4.78, 5) is 3.64. The standard InChI is InChI=1S/C11H13ClFN5O2S/c1-18-6-15-10(17-18)5-16-21(19,20)8-2-7(4-14)11(12)9(13)3-8/h2-3,6,16H,4-5,14H2,1H3. The zero-order chi connectivity index (χ0) is 15.6. The van der Waals surface area contributed by atoms with Crippen LogP contribution in [0.1, 0.15) is 11.4 Å². The molecule has 1 heterocycles. The van der Waals surface area contributed by atoms with Gasteiger partial charge in [-0.05, 0) is 17.7 Å². The molecule has 2 aromatic rings. The summed E-state index contributed by atoms with van der Waals surface area (Å²) in [6, 6.07) is 2.08. The maximum absolute atomic E-state index is 13.6. The lowest BCUT2D eigenvalue weighted by Crippen LogP contribution is -2.24. The highest BCUT2D eigenvalue weighted by atomic mass is 35.5. The van der Waals surface area contributed by atoms with Gasteiger partial charge in [0.1, 0.15) is 12.1 Å². The fourth-order valence-corrected chi connectivity index (χ4v) is 2.86. The van der Waals surface area contributed by atoms with Crippen molar-refractivity contribution in [1.82, 2.24) is 19.5 Å². The highest BCUT2D eigenvalue weighted by molar-refractivity contribution is 7.89. The third-order valence-corrected chi connectivity index (χ3v) is 4.48. The Bertz CT molecular complexity index is 762. The second kappa shape index (κ2) is 6.06. The van der Waals surface area contributed by atoms with E-state index in [-0.39, 0.29) is 28.6 Å². The van der Waals surface area contributed by atoms with Crippen LogP contribution in [0, 0.1) is 5.82 Å². The highest BCUT2D eigenvalue weighted by Gasteiger charge is 2.19. The van der Waals surface area contributed by atoms with E-state index >= 15 is 0 Å². The van der Waals surface area contributed by atoms with Gasteiger partial charge in [0.15, 0.2) is 5.82 Å². The molecule has 7 nitrogen and oxygen atoms in total. The largest absolute Gasteiger partial charge is 0.326 e. The number of aryl methyl sites for hydroxylation is 1. The minimum Gasteiger partial charge on any atom is -0.326 e. The van der Waals surface area contributed by atoms with Gasteiger partial charge in [0.05, 0.1) is 16.5 Å². The van der Waals surface area contributed by atoms with Crippen LogP contribution in [0.2, 0.25) is 5.02 Å². The number of benzene rings is 1. The lowest BCUT2D eigenvalue weighted by molar-refractivity contribution is 0.574. The van der Waals surface area contributed by atoms with Crippen molar-refractivity contribution in [3.63, 3.8) is 0 Å². The molecule has 1 aromatic heterocycles. The van der Waals surface area contributed by atoms with Gasteiger partial charge in [0.25, 0.3) is 0 Å². The molecule has 0 saturated carbocycles. The zero-order valence-corrected chi connectivity index (χ0v) is 12.6. The number of hydrogen-bond donors (Lipinski definition) is 2. The molecule has 114 valence electrons. The molecular weight excluding hydrogens is 321 g/mol. The number of halogens is 2. The normalized spacial score (nSPS) is 11.8. The predicted octanol–water partition coefficient (Wildman–Crippen LogP) is 0.545. The summed E-state index contributed by atoms with van der Waals surface area (Å²) in [5.74, 6) is -0.537. The number of nitrogens with zero attached hydrogens (tertiary/aromatic N) is 3. The number of aromatic nitrogens is 3. The van der Waals surface area contributed by atoms with Crippen molar-refractivity contribution in [1.29, 1.82) is 0 Å². The smallest absolute Gasteiger partial charge is 0.241 e. The first-order chi connectivity index (χ1) is 9.83. The Labute approximate surface area is 126 Å². The first-order valence-electron chi connectivity index (χ1n) is 5.85. The molecule has 10 heteroatoms. The SMILES string of the molecule is Cn1cnc(CNS(=O)(=O)c2cc(F)c(Cl)c(CN)c2)n1. The molecule has 2 rings (SSSR count). The minimum atomic E-state index is -3.91. The molecular formula is C11H13ClFN5O2S. The van der Waals surface area contributed by atoms with E-state index < -0.39 is 15.8 Å². The minimum absolute atomic E-state index is 0.0685. The van der Waals surface area contributed by atoms with Crippen LogP contribution in [-0.4, -0.2) is 23.2 Å². The average Bonchev–Trinajstić information content (AvgIpc) is 2.85. The van der Waals surface area contributed by atoms with Gasteiger partial charge in [-0.1, -0.05) is 11.6 Å². The molecule has 0 amide bonds. The predicted molar refractivity (Wildman–Crippen MR) is 74.3 cm³/mol. The van der Waals surface area contributed by atoms with E-state index in [1.807, 2.05) is 0 Å². The van der Waals surface area contributed by atoms with Crippen molar-refractivity contribution < 1.29 is 12.8 Å². The quantitative estimate of drug-likeness (QED) is 0.831. The number of nitrogens with two attached hydrogens (primary N) is 1. The van der Waals surface area contributed by atoms with Gasteiger partial charge in [0.2, 0.25) is 10.0 Å². The molecule has 0 saturated heterocycles. The lowest BCUT2D eigenvalue weighted by Gasteiger charge is -2.09. The lowest BCUT2D eigenvalue weighted by atomic mass is 10.2. The molecule has 0 aliphatic heterocycles. The van der Waals surface area contributed by atoms with Gasteiger partial charge < -0.3 is 5.73 Å². The van der Waals surface area contributed by atoms with Gasteiger partial charge in [-0.3, -0.25) is 4.68 Å². The number of nitrogens with one attached hydrogen (secondary N) is 1. The Morgan fingerprint density at radius 3 is 2.76 bits per heavy atom. The fourth-order valence-electron chi connectivity index (χ4n) is 1.63. The maximum atomic E-state index is 13.6. The van der Waals surface area contributed by atoms with E-state index in [0.29, 0.717) is 5.82 Å². The highest BCUT2D eigenvalue weighted by Crippen LogP contribution is 2.24. The Kier molecular flexibility index (Phi) is 4.57. The van der Waals surface area contributed by atoms with Crippen LogP contribution in [0.4, 0.5) is 4.39 Å². The first kappa shape index (κ1) is 15.8. The zero-order valence-electron chi connectivity index (χ0n) is 11.0. The molecule has 0 unspecified atom stereocenters. The summed E-state index contributed by atoms with van der Waals surface area (Å²) < 4.78 is 41.6. The van der Waals surface area contributed by atoms with Crippen LogP contribution in [0.3, 0.4) is 0 Å². The van der Waals surface area contributed by atoms with Crippen LogP contribution in [-0.2, 0) is 30.2 Å². The molecule has 0 spiro atoms. The van der Waals surface area contributed by atoms with E-state index in [9.17, 15) is 12.8 Å². The molecule has 0 radical (unpaired) electrons. The van der Waals surface area contributed by atoms with Gasteiger partial charge in [-0.15, -0.1) is 0 Å². The number of hydrogen-bond acceptors (Lipinski definition) is 5. The van der Waals surface area contributed by atoms with Crippen LogP contribution in [0.5, 0.6) is 0 Å². The molecule has 0 aliphatic rings. The van der Waals surface area contributed by atoms with E-state index in [2.05, 4.69) is 14.8 Å². The topological polar surface area (TPSA) is 103 Å². The van der Waals surface area contributed by atoms with Gasteiger partial charge in [0, 0.05) is 13.6 Å². The maximum Gasteiger partial charge on any atom is 0.241 e. The summed E-state index contributed by atoms with van der Waals surface area (Å²) in [7, 11) is -2.25. The van der Waals surface area contributed by atoms with E-state index in [1.165, 1.54) is 17.1 Å². The third kappa shape index (κ3) is 3.56. The van der Waals surface area contributed by atoms with E-state index in [4.69, 9.17) is 17.3 Å². The van der Waals surface area contributed by atoms with Gasteiger partial charge in [-0.25, -0.2) is 22.5 Å². The number of sulfonamides is 1. The molecule has 0 aliphatic carbocycles. The average molecular weight is 334 g/mol. The van der Waals surface area contributed by atoms with Crippen LogP contribution in [0.25, 0.3) is 0 Å². The molecule has 21 heavy (non-hydrogen) atoms. The van der Waals surface area contributed by atoms with E-state index in [1.54, 1.807) is 7.05 Å². The van der Waals surface area contributed by atoms with E-state index in [0.717, 1.165) is 6.07 Å². The molecule has 0 bridgehead atoms. The Balaban J connectivity index is 2.25. The second-order valence-corrected chi connectivity index (χ2v) is 6.39. The van der Waals surface area contributed by atoms with Crippen molar-refractivity contribution in [2.45, 2.75) is 18.0 Å². The van der Waals surface area contributed by atoms with Crippen LogP contribution >= 0.6 is 11.6 Å². The van der Waals surface area contributed by atoms with Crippen molar-refractivity contribution >= 4 is 21.6 Å². The van der Waals surface area contributed by atoms with Crippen LogP contribution < -0.4 is 10.5 Å². The summed E-state index contributed by atoms with van der Waals surface area (Å²) in [5.41, 5.74) is 5.63. The van der Waals surface area contributed by atoms with Crippen molar-refractivity contribution in [3.8, 4) is 0 Å². The molecule has 3 N–H and O–H groups in total. The monoisotopic (exact) mass is 333 g/mol. The van der Waals surface area contributed by atoms with Crippen LogP contribution in [0.15, 0.2) is 23.4 Å². The van der Waals surface area contributed by atoms with Gasteiger partial charge in [-0.2, -0.15) is 5.10 Å². The summed E-state index contributed by atoms with van der Waals surface area (Å²) in [6.45, 7) is -0.174. The number of rotatable bonds is 5. The van der Waals surface area contributed by atoms with Crippen molar-refractivity contribution in [2.75, 3.05) is 0 Å². The molecule has 1 aromatic carbocycles. The first-order valence-corrected chi connectivity index (χ1v) is 7.72. The van der Waals surface area contributed by atoms with Crippen molar-refractivity contribution in [2.24, 2.45) is 12.8 Å². The third-order valence-electron chi connectivity index (χ3n) is 2.67. The summed E-state index contributed by atoms with van der Waals surface area (Å²) in [6.07, 6.45) is 1.44. The molecule has 0 atom stereocenters. The summed E-state index contributed by atoms with van der Waals surface area (Å²) in [5, 5.41) is 3.76. The Hall–Kier alpha value is -1.55. The second-order valence-electron chi connectivity index (χ2n) is 4.24. The molecule has 0 fully saturated rings. The van der Waals surface area contributed by atoms with Gasteiger partial charge >= 0.3 is 0 Å². The van der Waals surface area contributed by atoms with Crippen molar-refractivity contribution in [3.05, 3.63) is 40.7 Å². The Morgan fingerprint density at radius 1 is 1.48 bits per heavy atom. The fraction of sp³-hybridized carbons (Fsp3) is 0.273.